The van der Waals surface area contributed by atoms with Crippen molar-refractivity contribution in [3.8, 4) is 0 Å². The number of amides is 1. The second-order valence-corrected chi connectivity index (χ2v) is 26.6. The van der Waals surface area contributed by atoms with E-state index in [0.29, 0.717) is 19.4 Å². The maximum Gasteiger partial charge on any atom is 0.305 e. The highest BCUT2D eigenvalue weighted by Crippen LogP contribution is 2.23. The largest absolute Gasteiger partial charge is 0.466 e. The van der Waals surface area contributed by atoms with Crippen molar-refractivity contribution >= 4 is 11.9 Å². The van der Waals surface area contributed by atoms with Crippen LogP contribution in [0.2, 0.25) is 0 Å². The lowest BCUT2D eigenvalue weighted by Crippen LogP contribution is -2.60. The smallest absolute Gasteiger partial charge is 0.305 e. The van der Waals surface area contributed by atoms with Crippen molar-refractivity contribution in [1.29, 1.82) is 0 Å². The third-order valence-corrected chi connectivity index (χ3v) is 17.9. The molecule has 534 valence electrons. The first-order valence-corrected chi connectivity index (χ1v) is 38.9. The summed E-state index contributed by atoms with van der Waals surface area (Å²) in [5.41, 5.74) is 0. The summed E-state index contributed by atoms with van der Waals surface area (Å²) in [4.78, 5) is 25.1. The number of rotatable bonds is 68. The van der Waals surface area contributed by atoms with Gasteiger partial charge in [-0.2, -0.15) is 0 Å². The van der Waals surface area contributed by atoms with Gasteiger partial charge in [0.25, 0.3) is 0 Å². The van der Waals surface area contributed by atoms with E-state index in [1.807, 2.05) is 6.08 Å². The van der Waals surface area contributed by atoms with Crippen LogP contribution >= 0.6 is 0 Å². The molecule has 11 heteroatoms. The van der Waals surface area contributed by atoms with Crippen molar-refractivity contribution in [2.75, 3.05) is 19.8 Å². The lowest BCUT2D eigenvalue weighted by molar-refractivity contribution is -0.302. The monoisotopic (exact) mass is 1290 g/mol. The number of carbonyl (C=O) groups excluding carboxylic acids is 2. The Morgan fingerprint density at radius 3 is 1.18 bits per heavy atom. The van der Waals surface area contributed by atoms with E-state index in [0.717, 1.165) is 83.5 Å². The number of aliphatic hydroxyl groups is 5. The molecule has 11 nitrogen and oxygen atoms in total. The number of hydrogen-bond donors (Lipinski definition) is 6. The Balaban J connectivity index is 1.89. The van der Waals surface area contributed by atoms with Gasteiger partial charge in [-0.15, -0.1) is 0 Å². The van der Waals surface area contributed by atoms with Crippen LogP contribution in [-0.4, -0.2) is 100 Å². The minimum absolute atomic E-state index is 0.00414. The van der Waals surface area contributed by atoms with Gasteiger partial charge in [-0.3, -0.25) is 9.59 Å². The molecule has 0 radical (unpaired) electrons. The van der Waals surface area contributed by atoms with Crippen LogP contribution in [0.3, 0.4) is 0 Å². The Bertz CT molecular complexity index is 1810. The second-order valence-electron chi connectivity index (χ2n) is 26.6. The Hall–Kier alpha value is -3.16. The minimum atomic E-state index is -1.58. The molecule has 1 heterocycles. The lowest BCUT2D eigenvalue weighted by atomic mass is 9.99. The fourth-order valence-electron chi connectivity index (χ4n) is 11.9. The first kappa shape index (κ1) is 86.9. The summed E-state index contributed by atoms with van der Waals surface area (Å²) in [6, 6.07) is -0.833. The highest BCUT2D eigenvalue weighted by atomic mass is 16.7. The second kappa shape index (κ2) is 69.2. The lowest BCUT2D eigenvalue weighted by Gasteiger charge is -2.40. The van der Waals surface area contributed by atoms with Gasteiger partial charge in [0.1, 0.15) is 24.4 Å². The van der Waals surface area contributed by atoms with E-state index < -0.39 is 49.5 Å². The average Bonchev–Trinajstić information content (AvgIpc) is 1.01. The minimum Gasteiger partial charge on any atom is -0.466 e. The molecule has 1 rings (SSSR count). The molecule has 1 amide bonds. The number of aliphatic hydroxyl groups excluding tert-OH is 5. The predicted molar refractivity (Wildman–Crippen MR) is 389 cm³/mol. The first-order valence-electron chi connectivity index (χ1n) is 38.9. The number of nitrogens with one attached hydrogen (secondary N) is 1. The van der Waals surface area contributed by atoms with Crippen LogP contribution in [0.25, 0.3) is 0 Å². The molecular weight excluding hydrogens is 1150 g/mol. The standard InChI is InChI=1S/C81H145NO10/c1-3-5-7-9-11-13-15-16-17-39-43-46-49-53-57-61-65-69-77(86)90-70-66-62-58-54-50-47-44-41-38-36-34-32-30-28-26-24-22-20-18-19-21-23-25-27-29-31-33-35-37-40-42-45-48-52-56-60-64-68-76(85)82-73(72-91-81-80(89)79(88)78(87)75(71-83)92-81)74(84)67-63-59-55-51-14-12-10-8-6-4-2/h6,8,11,13-14,16-18,20,24,26,51,63,67,73-75,78-81,83-84,87-89H,3-5,7,9-10,12,15,19,21-23,25,27-50,52-62,64-66,68-72H2,1-2H3,(H,82,85)/b8-6+,13-11-,17-16-,20-18-,26-24-,51-14+,67-63+. The molecule has 0 aromatic carbocycles. The summed E-state index contributed by atoms with van der Waals surface area (Å²) in [6.45, 7) is 4.20. The van der Waals surface area contributed by atoms with Gasteiger partial charge >= 0.3 is 5.97 Å². The van der Waals surface area contributed by atoms with Gasteiger partial charge in [0.15, 0.2) is 6.29 Å². The molecule has 92 heavy (non-hydrogen) atoms. The van der Waals surface area contributed by atoms with Crippen molar-refractivity contribution in [3.05, 3.63) is 85.1 Å². The van der Waals surface area contributed by atoms with Crippen LogP contribution < -0.4 is 5.32 Å². The molecule has 0 aliphatic carbocycles. The number of carbonyl (C=O) groups is 2. The predicted octanol–water partition coefficient (Wildman–Crippen LogP) is 20.8. The van der Waals surface area contributed by atoms with Crippen molar-refractivity contribution in [2.45, 2.75) is 397 Å². The Labute approximate surface area is 565 Å². The number of ether oxygens (including phenoxy) is 3. The van der Waals surface area contributed by atoms with Gasteiger partial charge in [0.2, 0.25) is 5.91 Å². The molecule has 6 N–H and O–H groups in total. The Morgan fingerprint density at radius 1 is 0.413 bits per heavy atom. The van der Waals surface area contributed by atoms with E-state index in [9.17, 15) is 35.1 Å². The van der Waals surface area contributed by atoms with Crippen molar-refractivity contribution in [3.63, 3.8) is 0 Å². The van der Waals surface area contributed by atoms with Crippen LogP contribution in [0.4, 0.5) is 0 Å². The summed E-state index contributed by atoms with van der Waals surface area (Å²) in [5.74, 6) is -0.192. The highest BCUT2D eigenvalue weighted by molar-refractivity contribution is 5.76. The number of unbranched alkanes of at least 4 members (excludes halogenated alkanes) is 42. The zero-order chi connectivity index (χ0) is 66.5. The molecule has 1 saturated heterocycles. The van der Waals surface area contributed by atoms with E-state index >= 15 is 0 Å². The number of esters is 1. The van der Waals surface area contributed by atoms with Crippen molar-refractivity contribution in [1.82, 2.24) is 5.32 Å². The summed E-state index contributed by atoms with van der Waals surface area (Å²) in [5, 5.41) is 54.3. The third kappa shape index (κ3) is 57.1. The number of allylic oxidation sites excluding steroid dienone is 13. The van der Waals surface area contributed by atoms with E-state index in [4.69, 9.17) is 14.2 Å². The molecule has 0 aromatic heterocycles. The van der Waals surface area contributed by atoms with E-state index in [1.54, 1.807) is 6.08 Å². The maximum atomic E-state index is 13.0. The zero-order valence-electron chi connectivity index (χ0n) is 59.5. The van der Waals surface area contributed by atoms with Gasteiger partial charge in [-0.25, -0.2) is 0 Å². The molecule has 0 bridgehead atoms. The zero-order valence-corrected chi connectivity index (χ0v) is 59.5. The van der Waals surface area contributed by atoms with Gasteiger partial charge in [0, 0.05) is 12.8 Å². The first-order chi connectivity index (χ1) is 45.2. The Kier molecular flexibility index (Phi) is 65.3. The molecule has 1 fully saturated rings. The van der Waals surface area contributed by atoms with Crippen molar-refractivity contribution < 1.29 is 49.3 Å². The molecule has 7 atom stereocenters. The quantitative estimate of drug-likeness (QED) is 0.0195. The van der Waals surface area contributed by atoms with Crippen LogP contribution in [0.1, 0.15) is 354 Å². The summed E-state index contributed by atoms with van der Waals surface area (Å²) >= 11 is 0. The molecule has 1 aliphatic rings. The van der Waals surface area contributed by atoms with Crippen molar-refractivity contribution in [2.24, 2.45) is 0 Å². The van der Waals surface area contributed by atoms with Gasteiger partial charge in [0.05, 0.1) is 32.0 Å². The molecule has 7 unspecified atom stereocenters. The highest BCUT2D eigenvalue weighted by Gasteiger charge is 2.44. The SMILES string of the molecule is CC/C=C/CC/C=C/CC/C=C/C(O)C(COC1OC(CO)C(O)C(O)C1O)NC(=O)CCCCCCCCCCCCCCCCCCC/C=C\C/C=C\CCCCCCCCCCCCCCCOC(=O)CCCCCCCCC/C=C\C/C=C\CCCCC. The van der Waals surface area contributed by atoms with E-state index in [2.05, 4.69) is 92.1 Å². The van der Waals surface area contributed by atoms with E-state index in [-0.39, 0.29) is 18.5 Å². The molecule has 0 aromatic rings. The topological polar surface area (TPSA) is 175 Å². The van der Waals surface area contributed by atoms with Crippen LogP contribution in [-0.2, 0) is 23.8 Å². The fourth-order valence-corrected chi connectivity index (χ4v) is 11.9. The van der Waals surface area contributed by atoms with E-state index in [1.165, 1.54) is 244 Å². The molecular formula is C81H145NO10. The fraction of sp³-hybridized carbons (Fsp3) is 0.802. The third-order valence-electron chi connectivity index (χ3n) is 17.9. The van der Waals surface area contributed by atoms with Crippen LogP contribution in [0.5, 0.6) is 0 Å². The number of hydrogen-bond acceptors (Lipinski definition) is 10. The van der Waals surface area contributed by atoms with Gasteiger partial charge in [-0.05, 0) is 116 Å². The van der Waals surface area contributed by atoms with Gasteiger partial charge < -0.3 is 45.1 Å². The summed E-state index contributed by atoms with van der Waals surface area (Å²) in [7, 11) is 0. The molecule has 1 aliphatic heterocycles. The van der Waals surface area contributed by atoms with Crippen LogP contribution in [0, 0.1) is 0 Å². The normalized spacial score (nSPS) is 18.0. The maximum absolute atomic E-state index is 13.0. The Morgan fingerprint density at radius 2 is 0.772 bits per heavy atom. The summed E-state index contributed by atoms with van der Waals surface area (Å²) in [6.07, 6.45) is 86.3. The molecule has 0 spiro atoms. The average molecular weight is 1290 g/mol. The van der Waals surface area contributed by atoms with Crippen LogP contribution in [0.15, 0.2) is 85.1 Å². The summed E-state index contributed by atoms with van der Waals surface area (Å²) < 4.78 is 16.7. The van der Waals surface area contributed by atoms with Gasteiger partial charge in [-0.1, -0.05) is 311 Å². The molecule has 0 saturated carbocycles.